The van der Waals surface area contributed by atoms with Crippen LogP contribution in [0.2, 0.25) is 0 Å². The van der Waals surface area contributed by atoms with E-state index in [1.807, 2.05) is 35.7 Å². The summed E-state index contributed by atoms with van der Waals surface area (Å²) in [5.41, 5.74) is 2.50. The predicted molar refractivity (Wildman–Crippen MR) is 130 cm³/mol. The molecule has 34 heavy (non-hydrogen) atoms. The van der Waals surface area contributed by atoms with Gasteiger partial charge in [-0.1, -0.05) is 36.4 Å². The number of hydrogen-bond acceptors (Lipinski definition) is 7. The number of hydrogen-bond donors (Lipinski definition) is 2. The highest BCUT2D eigenvalue weighted by Gasteiger charge is 2.17. The topological polar surface area (TPSA) is 128 Å². The van der Waals surface area contributed by atoms with Crippen LogP contribution < -0.4 is 10.5 Å². The molecule has 10 heteroatoms. The van der Waals surface area contributed by atoms with E-state index in [0.717, 1.165) is 10.4 Å². The first-order valence-electron chi connectivity index (χ1n) is 10.3. The number of pyridine rings is 1. The molecule has 2 aromatic heterocycles. The van der Waals surface area contributed by atoms with Gasteiger partial charge in [-0.15, -0.1) is 11.3 Å². The maximum atomic E-state index is 12.8. The van der Waals surface area contributed by atoms with Crippen LogP contribution in [0.5, 0.6) is 0 Å². The molecule has 8 nitrogen and oxygen atoms in total. The first-order valence-corrected chi connectivity index (χ1v) is 12.7. The van der Waals surface area contributed by atoms with Crippen LogP contribution in [0, 0.1) is 0 Å². The van der Waals surface area contributed by atoms with Gasteiger partial charge in [0.25, 0.3) is 5.91 Å². The van der Waals surface area contributed by atoms with Gasteiger partial charge in [-0.3, -0.25) is 4.79 Å². The largest absolute Gasteiger partial charge is 0.452 e. The molecule has 3 N–H and O–H groups in total. The van der Waals surface area contributed by atoms with Crippen LogP contribution in [0.25, 0.3) is 21.5 Å². The van der Waals surface area contributed by atoms with Crippen molar-refractivity contribution < 1.29 is 22.7 Å². The van der Waals surface area contributed by atoms with Gasteiger partial charge in [0.05, 0.1) is 26.5 Å². The first-order chi connectivity index (χ1) is 16.3. The molecule has 1 amide bonds. The zero-order valence-corrected chi connectivity index (χ0v) is 19.6. The molecule has 2 heterocycles. The number of para-hydroxylation sites is 1. The number of aromatic nitrogens is 1. The number of benzene rings is 2. The fraction of sp³-hybridized carbons (Fsp3) is 0.125. The third kappa shape index (κ3) is 5.66. The van der Waals surface area contributed by atoms with Gasteiger partial charge in [0.15, 0.2) is 6.61 Å². The highest BCUT2D eigenvalue weighted by molar-refractivity contribution is 7.89. The lowest BCUT2D eigenvalue weighted by molar-refractivity contribution is -0.124. The minimum Gasteiger partial charge on any atom is -0.452 e. The molecule has 0 aliphatic carbocycles. The Labute approximate surface area is 200 Å². The second-order valence-electron chi connectivity index (χ2n) is 7.41. The molecule has 174 valence electrons. The summed E-state index contributed by atoms with van der Waals surface area (Å²) >= 11 is 1.52. The number of amides is 1. The van der Waals surface area contributed by atoms with E-state index in [1.165, 1.54) is 23.5 Å². The first kappa shape index (κ1) is 23.6. The molecule has 0 saturated carbocycles. The summed E-state index contributed by atoms with van der Waals surface area (Å²) in [6.07, 6.45) is 0.476. The van der Waals surface area contributed by atoms with E-state index in [0.29, 0.717) is 35.1 Å². The second kappa shape index (κ2) is 10.1. The van der Waals surface area contributed by atoms with Crippen LogP contribution in [0.4, 0.5) is 0 Å². The molecular weight excluding hydrogens is 474 g/mol. The molecule has 0 unspecified atom stereocenters. The van der Waals surface area contributed by atoms with Crippen molar-refractivity contribution in [2.75, 3.05) is 13.2 Å². The second-order valence-corrected chi connectivity index (χ2v) is 9.92. The Morgan fingerprint density at radius 1 is 1.03 bits per heavy atom. The number of fused-ring (bicyclic) bond motifs is 1. The fourth-order valence-electron chi connectivity index (χ4n) is 3.35. The SMILES string of the molecule is NS(=O)(=O)c1ccc(CCNC(=O)COC(=O)c2cc(-c3cccs3)nc3ccccc23)cc1. The number of carbonyl (C=O) groups is 2. The molecule has 4 rings (SSSR count). The number of thiophene rings is 1. The molecule has 0 aliphatic rings. The van der Waals surface area contributed by atoms with E-state index >= 15 is 0 Å². The fourth-order valence-corrected chi connectivity index (χ4v) is 4.55. The van der Waals surface area contributed by atoms with Gasteiger partial charge >= 0.3 is 5.97 Å². The quantitative estimate of drug-likeness (QED) is 0.362. The number of ether oxygens (including phenoxy) is 1. The Kier molecular flexibility index (Phi) is 7.01. The summed E-state index contributed by atoms with van der Waals surface area (Å²) in [6, 6.07) is 18.9. The Morgan fingerprint density at radius 3 is 2.50 bits per heavy atom. The molecule has 2 aromatic carbocycles. The number of rotatable bonds is 8. The molecule has 0 bridgehead atoms. The van der Waals surface area contributed by atoms with Crippen molar-refractivity contribution in [3.63, 3.8) is 0 Å². The van der Waals surface area contributed by atoms with E-state index < -0.39 is 28.5 Å². The minimum absolute atomic E-state index is 0.0260. The number of carbonyl (C=O) groups excluding carboxylic acids is 2. The van der Waals surface area contributed by atoms with Crippen LogP contribution in [-0.4, -0.2) is 38.4 Å². The zero-order chi connectivity index (χ0) is 24.1. The van der Waals surface area contributed by atoms with Gasteiger partial charge in [-0.05, 0) is 47.7 Å². The molecule has 0 spiro atoms. The lowest BCUT2D eigenvalue weighted by Crippen LogP contribution is -2.30. The Balaban J connectivity index is 1.36. The van der Waals surface area contributed by atoms with E-state index in [2.05, 4.69) is 10.3 Å². The maximum Gasteiger partial charge on any atom is 0.339 e. The van der Waals surface area contributed by atoms with E-state index in [1.54, 1.807) is 24.3 Å². The van der Waals surface area contributed by atoms with Gasteiger partial charge in [-0.2, -0.15) is 0 Å². The summed E-state index contributed by atoms with van der Waals surface area (Å²) in [7, 11) is -3.74. The van der Waals surface area contributed by atoms with Crippen molar-refractivity contribution in [2.24, 2.45) is 5.14 Å². The molecule has 0 saturated heterocycles. The Morgan fingerprint density at radius 2 is 1.79 bits per heavy atom. The van der Waals surface area contributed by atoms with Gasteiger partial charge in [0.1, 0.15) is 0 Å². The number of primary sulfonamides is 1. The van der Waals surface area contributed by atoms with Crippen molar-refractivity contribution >= 4 is 44.1 Å². The van der Waals surface area contributed by atoms with Crippen molar-refractivity contribution in [3.05, 3.63) is 83.2 Å². The van der Waals surface area contributed by atoms with Crippen LogP contribution in [0.15, 0.2) is 77.0 Å². The predicted octanol–water partition coefficient (Wildman–Crippen LogP) is 3.13. The van der Waals surface area contributed by atoms with Crippen molar-refractivity contribution in [1.82, 2.24) is 10.3 Å². The Hall–Kier alpha value is -3.60. The average molecular weight is 496 g/mol. The van der Waals surface area contributed by atoms with Gasteiger partial charge < -0.3 is 10.1 Å². The smallest absolute Gasteiger partial charge is 0.339 e. The number of nitrogens with zero attached hydrogens (tertiary/aromatic N) is 1. The Bertz CT molecular complexity index is 1430. The van der Waals surface area contributed by atoms with E-state index in [-0.39, 0.29) is 4.90 Å². The third-order valence-corrected chi connectivity index (χ3v) is 6.85. The van der Waals surface area contributed by atoms with E-state index in [9.17, 15) is 18.0 Å². The minimum atomic E-state index is -3.74. The average Bonchev–Trinajstić information content (AvgIpc) is 3.37. The van der Waals surface area contributed by atoms with Crippen LogP contribution in [0.1, 0.15) is 15.9 Å². The van der Waals surface area contributed by atoms with Crippen LogP contribution >= 0.6 is 11.3 Å². The highest BCUT2D eigenvalue weighted by atomic mass is 32.2. The summed E-state index contributed by atoms with van der Waals surface area (Å²) < 4.78 is 27.9. The zero-order valence-electron chi connectivity index (χ0n) is 17.9. The monoisotopic (exact) mass is 495 g/mol. The standard InChI is InChI=1S/C24H21N3O5S2/c25-34(30,31)17-9-7-16(8-10-17)11-12-26-23(28)15-32-24(29)19-14-21(22-6-3-13-33-22)27-20-5-2-1-4-18(19)20/h1-10,13-14H,11-12,15H2,(H,26,28)(H2,25,30,31). The number of nitrogens with one attached hydrogen (secondary N) is 1. The molecule has 4 aromatic rings. The maximum absolute atomic E-state index is 12.8. The van der Waals surface area contributed by atoms with Crippen molar-refractivity contribution in [3.8, 4) is 10.6 Å². The van der Waals surface area contributed by atoms with Crippen molar-refractivity contribution in [1.29, 1.82) is 0 Å². The molecular formula is C24H21N3O5S2. The third-order valence-electron chi connectivity index (χ3n) is 5.03. The van der Waals surface area contributed by atoms with Crippen molar-refractivity contribution in [2.45, 2.75) is 11.3 Å². The lowest BCUT2D eigenvalue weighted by atomic mass is 10.1. The summed E-state index contributed by atoms with van der Waals surface area (Å²) in [5, 5.41) is 10.3. The molecule has 0 fully saturated rings. The van der Waals surface area contributed by atoms with Gasteiger partial charge in [-0.25, -0.2) is 23.3 Å². The number of esters is 1. The normalized spacial score (nSPS) is 11.3. The summed E-state index contributed by atoms with van der Waals surface area (Å²) in [6.45, 7) is -0.125. The van der Waals surface area contributed by atoms with Crippen LogP contribution in [-0.2, 0) is 26.0 Å². The van der Waals surface area contributed by atoms with Gasteiger partial charge in [0.2, 0.25) is 10.0 Å². The molecule has 0 radical (unpaired) electrons. The van der Waals surface area contributed by atoms with Crippen LogP contribution in [0.3, 0.4) is 0 Å². The molecule has 0 atom stereocenters. The number of nitrogens with two attached hydrogens (primary N) is 1. The number of sulfonamides is 1. The lowest BCUT2D eigenvalue weighted by Gasteiger charge is -2.10. The van der Waals surface area contributed by atoms with Gasteiger partial charge in [0, 0.05) is 11.9 Å². The highest BCUT2D eigenvalue weighted by Crippen LogP contribution is 2.28. The van der Waals surface area contributed by atoms with E-state index in [4.69, 9.17) is 9.88 Å². The molecule has 0 aliphatic heterocycles. The summed E-state index contributed by atoms with van der Waals surface area (Å²) in [4.78, 5) is 30.6. The summed E-state index contributed by atoms with van der Waals surface area (Å²) in [5.74, 6) is -1.04.